The molecule has 0 unspecified atom stereocenters. The van der Waals surface area contributed by atoms with Crippen molar-refractivity contribution in [3.05, 3.63) is 23.3 Å². The number of carbonyl (C=O) groups is 1. The third-order valence-electron chi connectivity index (χ3n) is 4.33. The minimum atomic E-state index is -0.830. The first-order chi connectivity index (χ1) is 9.58. The van der Waals surface area contributed by atoms with Gasteiger partial charge < -0.3 is 14.6 Å². The molecule has 1 saturated carbocycles. The summed E-state index contributed by atoms with van der Waals surface area (Å²) >= 11 is 0. The van der Waals surface area contributed by atoms with E-state index in [4.69, 9.17) is 9.47 Å². The Morgan fingerprint density at radius 1 is 1.25 bits per heavy atom. The van der Waals surface area contributed by atoms with Crippen LogP contribution in [0.2, 0.25) is 0 Å². The highest BCUT2D eigenvalue weighted by Gasteiger charge is 2.45. The molecule has 0 aromatic heterocycles. The Morgan fingerprint density at radius 3 is 2.35 bits per heavy atom. The number of carboxylic acid groups (broad SMARTS) is 1. The summed E-state index contributed by atoms with van der Waals surface area (Å²) in [4.78, 5) is 11.9. The van der Waals surface area contributed by atoms with Crippen molar-refractivity contribution in [3.63, 3.8) is 0 Å². The average molecular weight is 278 g/mol. The first kappa shape index (κ1) is 14.7. The minimum absolute atomic E-state index is 0.564. The van der Waals surface area contributed by atoms with E-state index in [1.807, 2.05) is 19.1 Å². The Balaban J connectivity index is 2.67. The van der Waals surface area contributed by atoms with E-state index in [9.17, 15) is 9.90 Å². The molecule has 1 N–H and O–H groups in total. The van der Waals surface area contributed by atoms with Crippen LogP contribution in [-0.2, 0) is 16.6 Å². The van der Waals surface area contributed by atoms with Gasteiger partial charge in [0, 0.05) is 5.56 Å². The van der Waals surface area contributed by atoms with Gasteiger partial charge in [0.2, 0.25) is 0 Å². The molecule has 1 aliphatic rings. The predicted octanol–water partition coefficient (Wildman–Crippen LogP) is 3.16. The van der Waals surface area contributed by atoms with Crippen LogP contribution in [0, 0.1) is 0 Å². The Labute approximate surface area is 119 Å². The van der Waals surface area contributed by atoms with Gasteiger partial charge in [-0.25, -0.2) is 0 Å². The van der Waals surface area contributed by atoms with E-state index in [0.717, 1.165) is 30.4 Å². The van der Waals surface area contributed by atoms with Crippen LogP contribution in [0.1, 0.15) is 43.7 Å². The molecule has 0 saturated heterocycles. The highest BCUT2D eigenvalue weighted by molar-refractivity contribution is 5.83. The average Bonchev–Trinajstić information content (AvgIpc) is 2.96. The van der Waals surface area contributed by atoms with Crippen molar-refractivity contribution < 1.29 is 19.4 Å². The van der Waals surface area contributed by atoms with Gasteiger partial charge in [-0.15, -0.1) is 0 Å². The zero-order valence-electron chi connectivity index (χ0n) is 12.4. The van der Waals surface area contributed by atoms with E-state index >= 15 is 0 Å². The smallest absolute Gasteiger partial charge is 0.314 e. The van der Waals surface area contributed by atoms with Crippen molar-refractivity contribution in [1.29, 1.82) is 0 Å². The van der Waals surface area contributed by atoms with Crippen molar-refractivity contribution in [2.24, 2.45) is 0 Å². The molecule has 110 valence electrons. The van der Waals surface area contributed by atoms with Gasteiger partial charge in [0.25, 0.3) is 0 Å². The fourth-order valence-electron chi connectivity index (χ4n) is 3.16. The molecular formula is C16H22O4. The van der Waals surface area contributed by atoms with Crippen LogP contribution in [0.15, 0.2) is 12.1 Å². The molecule has 4 nitrogen and oxygen atoms in total. The monoisotopic (exact) mass is 278 g/mol. The first-order valence-corrected chi connectivity index (χ1v) is 7.07. The highest BCUT2D eigenvalue weighted by Crippen LogP contribution is 2.48. The third kappa shape index (κ3) is 2.23. The van der Waals surface area contributed by atoms with Gasteiger partial charge in [-0.3, -0.25) is 4.79 Å². The van der Waals surface area contributed by atoms with Crippen LogP contribution >= 0.6 is 0 Å². The topological polar surface area (TPSA) is 55.8 Å². The summed E-state index contributed by atoms with van der Waals surface area (Å²) in [5, 5.41) is 9.77. The summed E-state index contributed by atoms with van der Waals surface area (Å²) in [5.41, 5.74) is 1.01. The Bertz CT molecular complexity index is 501. The van der Waals surface area contributed by atoms with Crippen molar-refractivity contribution in [2.75, 3.05) is 14.2 Å². The van der Waals surface area contributed by atoms with Gasteiger partial charge in [-0.05, 0) is 30.9 Å². The molecule has 2 rings (SSSR count). The lowest BCUT2D eigenvalue weighted by Gasteiger charge is -2.28. The van der Waals surface area contributed by atoms with Gasteiger partial charge in [-0.2, -0.15) is 0 Å². The third-order valence-corrected chi connectivity index (χ3v) is 4.33. The molecule has 20 heavy (non-hydrogen) atoms. The molecule has 0 bridgehead atoms. The first-order valence-electron chi connectivity index (χ1n) is 7.07. The SMILES string of the molecule is CCc1cc(OC)c(OC)c(C2(C(=O)O)CCCC2)c1. The molecule has 0 atom stereocenters. The molecule has 1 fully saturated rings. The van der Waals surface area contributed by atoms with Crippen molar-refractivity contribution in [1.82, 2.24) is 0 Å². The Morgan fingerprint density at radius 2 is 1.90 bits per heavy atom. The summed E-state index contributed by atoms with van der Waals surface area (Å²) in [5.74, 6) is 0.423. The number of hydrogen-bond donors (Lipinski definition) is 1. The van der Waals surface area contributed by atoms with Gasteiger partial charge in [0.05, 0.1) is 19.6 Å². The summed E-state index contributed by atoms with van der Waals surface area (Å²) in [7, 11) is 3.15. The van der Waals surface area contributed by atoms with E-state index in [1.165, 1.54) is 0 Å². The summed E-state index contributed by atoms with van der Waals surface area (Å²) in [6.45, 7) is 2.05. The van der Waals surface area contributed by atoms with E-state index in [1.54, 1.807) is 14.2 Å². The fourth-order valence-corrected chi connectivity index (χ4v) is 3.16. The van der Waals surface area contributed by atoms with Gasteiger partial charge in [-0.1, -0.05) is 25.8 Å². The maximum absolute atomic E-state index is 11.9. The fraction of sp³-hybridized carbons (Fsp3) is 0.562. The standard InChI is InChI=1S/C16H22O4/c1-4-11-9-12(14(20-3)13(10-11)19-2)16(15(17)18)7-5-6-8-16/h9-10H,4-8H2,1-3H3,(H,17,18). The van der Waals surface area contributed by atoms with Gasteiger partial charge in [0.15, 0.2) is 11.5 Å². The zero-order valence-corrected chi connectivity index (χ0v) is 12.4. The van der Waals surface area contributed by atoms with Crippen LogP contribution < -0.4 is 9.47 Å². The molecule has 4 heteroatoms. The quantitative estimate of drug-likeness (QED) is 0.899. The van der Waals surface area contributed by atoms with Crippen LogP contribution in [0.25, 0.3) is 0 Å². The van der Waals surface area contributed by atoms with Crippen molar-refractivity contribution in [2.45, 2.75) is 44.4 Å². The molecule has 0 radical (unpaired) electrons. The lowest BCUT2D eigenvalue weighted by Crippen LogP contribution is -2.33. The molecule has 0 amide bonds. The number of rotatable bonds is 5. The summed E-state index contributed by atoms with van der Waals surface area (Å²) < 4.78 is 10.9. The Kier molecular flexibility index (Phi) is 4.21. The van der Waals surface area contributed by atoms with Gasteiger partial charge in [0.1, 0.15) is 0 Å². The normalized spacial score (nSPS) is 16.9. The largest absolute Gasteiger partial charge is 0.493 e. The number of methoxy groups -OCH3 is 2. The molecule has 0 aliphatic heterocycles. The zero-order chi connectivity index (χ0) is 14.8. The molecule has 1 aliphatic carbocycles. The summed E-state index contributed by atoms with van der Waals surface area (Å²) in [6, 6.07) is 3.90. The number of carboxylic acids is 1. The second-order valence-corrected chi connectivity index (χ2v) is 5.33. The second kappa shape index (κ2) is 5.73. The van der Waals surface area contributed by atoms with E-state index in [-0.39, 0.29) is 0 Å². The van der Waals surface area contributed by atoms with Crippen molar-refractivity contribution >= 4 is 5.97 Å². The predicted molar refractivity (Wildman–Crippen MR) is 76.7 cm³/mol. The summed E-state index contributed by atoms with van der Waals surface area (Å²) in [6.07, 6.45) is 4.04. The molecule has 1 aromatic rings. The maximum Gasteiger partial charge on any atom is 0.314 e. The molecule has 1 aromatic carbocycles. The minimum Gasteiger partial charge on any atom is -0.493 e. The van der Waals surface area contributed by atoms with E-state index in [0.29, 0.717) is 24.3 Å². The van der Waals surface area contributed by atoms with Crippen molar-refractivity contribution in [3.8, 4) is 11.5 Å². The van der Waals surface area contributed by atoms with E-state index < -0.39 is 11.4 Å². The van der Waals surface area contributed by atoms with Crippen LogP contribution in [0.3, 0.4) is 0 Å². The molecule has 0 heterocycles. The molecule has 0 spiro atoms. The maximum atomic E-state index is 11.9. The Hall–Kier alpha value is -1.71. The lowest BCUT2D eigenvalue weighted by molar-refractivity contribution is -0.143. The van der Waals surface area contributed by atoms with Crippen LogP contribution in [0.5, 0.6) is 11.5 Å². The highest BCUT2D eigenvalue weighted by atomic mass is 16.5. The number of benzene rings is 1. The van der Waals surface area contributed by atoms with Gasteiger partial charge >= 0.3 is 5.97 Å². The number of ether oxygens (including phenoxy) is 2. The van der Waals surface area contributed by atoms with Crippen LogP contribution in [0.4, 0.5) is 0 Å². The lowest BCUT2D eigenvalue weighted by atomic mass is 9.77. The second-order valence-electron chi connectivity index (χ2n) is 5.33. The number of hydrogen-bond acceptors (Lipinski definition) is 3. The van der Waals surface area contributed by atoms with E-state index in [2.05, 4.69) is 0 Å². The number of aryl methyl sites for hydroxylation is 1. The number of aliphatic carboxylic acids is 1. The van der Waals surface area contributed by atoms with Crippen LogP contribution in [-0.4, -0.2) is 25.3 Å². The molecular weight excluding hydrogens is 256 g/mol.